The average Bonchev–Trinajstić information content (AvgIpc) is 2.86. The van der Waals surface area contributed by atoms with E-state index in [0.29, 0.717) is 17.1 Å². The van der Waals surface area contributed by atoms with Crippen molar-refractivity contribution >= 4 is 23.4 Å². The molecule has 1 aliphatic heterocycles. The molecule has 20 heavy (non-hydrogen) atoms. The molecule has 0 saturated carbocycles. The molecule has 1 fully saturated rings. The largest absolute Gasteiger partial charge is 0.396 e. The molecule has 1 unspecified atom stereocenters. The SMILES string of the molecule is O=C(CN1CCC(CO)C1)NC(=O)c1ccc(Cl)cc1. The standard InChI is InChI=1S/C14H17ClN2O3/c15-12-3-1-11(2-4-12)14(20)16-13(19)8-17-6-5-10(7-17)9-18/h1-4,10,18H,5-9H2,(H,16,19,20). The van der Waals surface area contributed by atoms with Gasteiger partial charge in [0, 0.05) is 23.7 Å². The van der Waals surface area contributed by atoms with Crippen LogP contribution in [-0.4, -0.2) is 48.1 Å². The van der Waals surface area contributed by atoms with Gasteiger partial charge in [0.05, 0.1) is 6.54 Å². The quantitative estimate of drug-likeness (QED) is 0.866. The third-order valence-corrected chi connectivity index (χ3v) is 3.61. The molecule has 0 aliphatic carbocycles. The van der Waals surface area contributed by atoms with Gasteiger partial charge in [-0.05, 0) is 43.1 Å². The fourth-order valence-electron chi connectivity index (χ4n) is 2.25. The number of amides is 2. The van der Waals surface area contributed by atoms with Gasteiger partial charge < -0.3 is 5.11 Å². The maximum atomic E-state index is 11.8. The minimum atomic E-state index is -0.426. The van der Waals surface area contributed by atoms with Crippen LogP contribution in [-0.2, 0) is 4.79 Å². The summed E-state index contributed by atoms with van der Waals surface area (Å²) in [6.07, 6.45) is 0.884. The summed E-state index contributed by atoms with van der Waals surface area (Å²) in [6.45, 7) is 1.78. The van der Waals surface area contributed by atoms with Crippen LogP contribution in [0.4, 0.5) is 0 Å². The Morgan fingerprint density at radius 3 is 2.65 bits per heavy atom. The highest BCUT2D eigenvalue weighted by Crippen LogP contribution is 2.14. The summed E-state index contributed by atoms with van der Waals surface area (Å²) in [5.74, 6) is -0.525. The number of benzene rings is 1. The van der Waals surface area contributed by atoms with Crippen molar-refractivity contribution < 1.29 is 14.7 Å². The second-order valence-corrected chi connectivity index (χ2v) is 5.39. The molecular weight excluding hydrogens is 280 g/mol. The number of rotatable bonds is 4. The molecule has 0 aromatic heterocycles. The lowest BCUT2D eigenvalue weighted by molar-refractivity contribution is -0.121. The molecule has 1 aromatic carbocycles. The third kappa shape index (κ3) is 4.03. The zero-order valence-electron chi connectivity index (χ0n) is 11.0. The van der Waals surface area contributed by atoms with Crippen molar-refractivity contribution in [1.82, 2.24) is 10.2 Å². The molecule has 0 radical (unpaired) electrons. The molecule has 2 N–H and O–H groups in total. The van der Waals surface area contributed by atoms with E-state index in [-0.39, 0.29) is 25.0 Å². The van der Waals surface area contributed by atoms with Gasteiger partial charge >= 0.3 is 0 Å². The molecule has 5 nitrogen and oxygen atoms in total. The molecule has 1 aliphatic rings. The summed E-state index contributed by atoms with van der Waals surface area (Å²) in [7, 11) is 0. The van der Waals surface area contributed by atoms with Gasteiger partial charge in [-0.25, -0.2) is 0 Å². The molecule has 108 valence electrons. The van der Waals surface area contributed by atoms with Crippen LogP contribution < -0.4 is 5.32 Å². The number of carbonyl (C=O) groups excluding carboxylic acids is 2. The minimum Gasteiger partial charge on any atom is -0.396 e. The number of carbonyl (C=O) groups is 2. The van der Waals surface area contributed by atoms with Crippen molar-refractivity contribution in [2.24, 2.45) is 5.92 Å². The van der Waals surface area contributed by atoms with Crippen LogP contribution in [0.25, 0.3) is 0 Å². The van der Waals surface area contributed by atoms with Crippen LogP contribution in [0, 0.1) is 5.92 Å². The maximum absolute atomic E-state index is 11.8. The van der Waals surface area contributed by atoms with Crippen LogP contribution in [0.1, 0.15) is 16.8 Å². The molecule has 2 rings (SSSR count). The lowest BCUT2D eigenvalue weighted by Crippen LogP contribution is -2.39. The van der Waals surface area contributed by atoms with Gasteiger partial charge in [0.2, 0.25) is 5.91 Å². The predicted octanol–water partition coefficient (Wildman–Crippen LogP) is 0.911. The molecule has 0 bridgehead atoms. The Kier molecular flexibility index (Phi) is 5.11. The highest BCUT2D eigenvalue weighted by Gasteiger charge is 2.23. The van der Waals surface area contributed by atoms with Gasteiger partial charge in [0.1, 0.15) is 0 Å². The number of likely N-dealkylation sites (tertiary alicyclic amines) is 1. The number of aliphatic hydroxyl groups is 1. The van der Waals surface area contributed by atoms with Crippen LogP contribution >= 0.6 is 11.6 Å². The van der Waals surface area contributed by atoms with E-state index in [1.807, 2.05) is 4.90 Å². The number of imide groups is 1. The van der Waals surface area contributed by atoms with Crippen molar-refractivity contribution in [3.8, 4) is 0 Å². The van der Waals surface area contributed by atoms with Gasteiger partial charge in [0.15, 0.2) is 0 Å². The van der Waals surface area contributed by atoms with Crippen LogP contribution in [0.3, 0.4) is 0 Å². The molecule has 1 aromatic rings. The van der Waals surface area contributed by atoms with E-state index in [4.69, 9.17) is 16.7 Å². The first kappa shape index (κ1) is 15.0. The van der Waals surface area contributed by atoms with Crippen molar-refractivity contribution in [2.75, 3.05) is 26.2 Å². The van der Waals surface area contributed by atoms with Crippen LogP contribution in [0.15, 0.2) is 24.3 Å². The number of hydrogen-bond donors (Lipinski definition) is 2. The molecule has 6 heteroatoms. The molecule has 1 saturated heterocycles. The first-order valence-electron chi connectivity index (χ1n) is 6.51. The van der Waals surface area contributed by atoms with Gasteiger partial charge in [0.25, 0.3) is 5.91 Å². The van der Waals surface area contributed by atoms with Crippen molar-refractivity contribution in [2.45, 2.75) is 6.42 Å². The van der Waals surface area contributed by atoms with E-state index in [2.05, 4.69) is 5.32 Å². The Morgan fingerprint density at radius 1 is 1.35 bits per heavy atom. The average molecular weight is 297 g/mol. The number of halogens is 1. The summed E-state index contributed by atoms with van der Waals surface area (Å²) in [6, 6.07) is 6.35. The van der Waals surface area contributed by atoms with E-state index < -0.39 is 5.91 Å². The van der Waals surface area contributed by atoms with Gasteiger partial charge in [-0.15, -0.1) is 0 Å². The minimum absolute atomic E-state index is 0.141. The fourth-order valence-corrected chi connectivity index (χ4v) is 2.37. The molecular formula is C14H17ClN2O3. The normalized spacial score (nSPS) is 19.0. The molecule has 1 heterocycles. The van der Waals surface area contributed by atoms with E-state index in [0.717, 1.165) is 13.0 Å². The van der Waals surface area contributed by atoms with Gasteiger partial charge in [-0.3, -0.25) is 19.8 Å². The summed E-state index contributed by atoms with van der Waals surface area (Å²) < 4.78 is 0. The maximum Gasteiger partial charge on any atom is 0.257 e. The first-order valence-corrected chi connectivity index (χ1v) is 6.89. The highest BCUT2D eigenvalue weighted by atomic mass is 35.5. The van der Waals surface area contributed by atoms with E-state index in [9.17, 15) is 9.59 Å². The van der Waals surface area contributed by atoms with E-state index >= 15 is 0 Å². The molecule has 0 spiro atoms. The topological polar surface area (TPSA) is 69.6 Å². The Morgan fingerprint density at radius 2 is 2.05 bits per heavy atom. The van der Waals surface area contributed by atoms with Crippen molar-refractivity contribution in [3.63, 3.8) is 0 Å². The summed E-state index contributed by atoms with van der Waals surface area (Å²) >= 11 is 5.74. The van der Waals surface area contributed by atoms with Crippen LogP contribution in [0.2, 0.25) is 5.02 Å². The Labute approximate surface area is 122 Å². The highest BCUT2D eigenvalue weighted by molar-refractivity contribution is 6.30. The Balaban J connectivity index is 1.82. The Bertz CT molecular complexity index is 490. The lowest BCUT2D eigenvalue weighted by Gasteiger charge is -2.14. The zero-order chi connectivity index (χ0) is 14.5. The number of hydrogen-bond acceptors (Lipinski definition) is 4. The fraction of sp³-hybridized carbons (Fsp3) is 0.429. The molecule has 1 atom stereocenters. The van der Waals surface area contributed by atoms with Crippen molar-refractivity contribution in [3.05, 3.63) is 34.9 Å². The third-order valence-electron chi connectivity index (χ3n) is 3.35. The summed E-state index contributed by atoms with van der Waals surface area (Å²) in [5.41, 5.74) is 0.400. The molecule has 2 amide bonds. The lowest BCUT2D eigenvalue weighted by atomic mass is 10.1. The number of nitrogens with zero attached hydrogens (tertiary/aromatic N) is 1. The monoisotopic (exact) mass is 296 g/mol. The second-order valence-electron chi connectivity index (χ2n) is 4.96. The number of aliphatic hydroxyl groups excluding tert-OH is 1. The van der Waals surface area contributed by atoms with E-state index in [1.54, 1.807) is 24.3 Å². The predicted molar refractivity (Wildman–Crippen MR) is 75.6 cm³/mol. The van der Waals surface area contributed by atoms with Gasteiger partial charge in [-0.1, -0.05) is 11.6 Å². The smallest absolute Gasteiger partial charge is 0.257 e. The summed E-state index contributed by atoms with van der Waals surface area (Å²) in [4.78, 5) is 25.5. The van der Waals surface area contributed by atoms with Gasteiger partial charge in [-0.2, -0.15) is 0 Å². The van der Waals surface area contributed by atoms with Crippen LogP contribution in [0.5, 0.6) is 0 Å². The Hall–Kier alpha value is -1.43. The van der Waals surface area contributed by atoms with E-state index in [1.165, 1.54) is 0 Å². The van der Waals surface area contributed by atoms with Crippen molar-refractivity contribution in [1.29, 1.82) is 0 Å². The second kappa shape index (κ2) is 6.83. The number of nitrogens with one attached hydrogen (secondary N) is 1. The zero-order valence-corrected chi connectivity index (χ0v) is 11.8. The first-order chi connectivity index (χ1) is 9.58. The summed E-state index contributed by atoms with van der Waals surface area (Å²) in [5, 5.41) is 11.9.